The topological polar surface area (TPSA) is 125 Å². The number of hydrogen-bond acceptors (Lipinski definition) is 7. The van der Waals surface area contributed by atoms with E-state index in [-0.39, 0.29) is 16.7 Å². The zero-order chi connectivity index (χ0) is 29.0. The number of aromatic nitrogens is 2. The van der Waals surface area contributed by atoms with Gasteiger partial charge >= 0.3 is 0 Å². The van der Waals surface area contributed by atoms with Gasteiger partial charge in [0.2, 0.25) is 11.9 Å². The van der Waals surface area contributed by atoms with Gasteiger partial charge in [-0.15, -0.1) is 0 Å². The third-order valence-electron chi connectivity index (χ3n) is 6.61. The molecule has 210 valence electrons. The molecule has 0 radical (unpaired) electrons. The largest absolute Gasteiger partial charge is 0.339 e. The highest BCUT2D eigenvalue weighted by molar-refractivity contribution is 7.92. The third-order valence-corrected chi connectivity index (χ3v) is 8.26. The van der Waals surface area contributed by atoms with Crippen molar-refractivity contribution in [2.45, 2.75) is 11.8 Å². The molecular formula is C29H27ClN6O4S. The number of hydrogen-bond donors (Lipinski definition) is 2. The molecule has 0 saturated carbocycles. The molecule has 5 rings (SSSR count). The molecule has 41 heavy (non-hydrogen) atoms. The van der Waals surface area contributed by atoms with Crippen LogP contribution in [0.3, 0.4) is 0 Å². The number of nitrogens with zero attached hydrogens (tertiary/aromatic N) is 4. The highest BCUT2D eigenvalue weighted by Crippen LogP contribution is 2.24. The second-order valence-corrected chi connectivity index (χ2v) is 11.5. The van der Waals surface area contributed by atoms with Crippen LogP contribution in [0.4, 0.5) is 17.3 Å². The molecule has 1 fully saturated rings. The van der Waals surface area contributed by atoms with Crippen molar-refractivity contribution in [3.8, 4) is 11.3 Å². The third kappa shape index (κ3) is 6.82. The minimum absolute atomic E-state index is 0.0197. The van der Waals surface area contributed by atoms with Crippen LogP contribution in [-0.2, 0) is 14.8 Å². The zero-order valence-corrected chi connectivity index (χ0v) is 23.7. The van der Waals surface area contributed by atoms with Gasteiger partial charge in [0.1, 0.15) is 0 Å². The fourth-order valence-electron chi connectivity index (χ4n) is 4.35. The van der Waals surface area contributed by atoms with E-state index in [1.54, 1.807) is 82.7 Å². The second kappa shape index (κ2) is 11.9. The monoisotopic (exact) mass is 590 g/mol. The quantitative estimate of drug-likeness (QED) is 0.321. The molecule has 0 aliphatic carbocycles. The first-order valence-electron chi connectivity index (χ1n) is 12.8. The van der Waals surface area contributed by atoms with E-state index in [0.29, 0.717) is 65.3 Å². The molecule has 1 aliphatic heterocycles. The van der Waals surface area contributed by atoms with Crippen molar-refractivity contribution in [3.05, 3.63) is 95.6 Å². The molecule has 1 saturated heterocycles. The van der Waals surface area contributed by atoms with Crippen LogP contribution >= 0.6 is 11.6 Å². The Labute approximate surface area is 243 Å². The van der Waals surface area contributed by atoms with E-state index in [2.05, 4.69) is 20.0 Å². The van der Waals surface area contributed by atoms with Crippen LogP contribution in [0, 0.1) is 0 Å². The fourth-order valence-corrected chi connectivity index (χ4v) is 5.53. The van der Waals surface area contributed by atoms with Crippen molar-refractivity contribution in [1.82, 2.24) is 19.8 Å². The van der Waals surface area contributed by atoms with Crippen LogP contribution in [0.25, 0.3) is 11.3 Å². The number of halogens is 1. The Morgan fingerprint density at radius 2 is 1.41 bits per heavy atom. The average molecular weight is 591 g/mol. The van der Waals surface area contributed by atoms with Crippen LogP contribution in [0.15, 0.2) is 90.0 Å². The maximum Gasteiger partial charge on any atom is 0.261 e. The summed E-state index contributed by atoms with van der Waals surface area (Å²) in [4.78, 5) is 36.8. The van der Waals surface area contributed by atoms with Gasteiger partial charge in [0.15, 0.2) is 0 Å². The molecule has 0 unspecified atom stereocenters. The van der Waals surface area contributed by atoms with Crippen molar-refractivity contribution < 1.29 is 18.0 Å². The van der Waals surface area contributed by atoms with E-state index in [1.807, 2.05) is 0 Å². The lowest BCUT2D eigenvalue weighted by Crippen LogP contribution is -2.50. The van der Waals surface area contributed by atoms with E-state index in [9.17, 15) is 18.0 Å². The molecule has 0 bridgehead atoms. The van der Waals surface area contributed by atoms with Crippen molar-refractivity contribution in [2.24, 2.45) is 0 Å². The Morgan fingerprint density at radius 1 is 0.805 bits per heavy atom. The molecule has 0 atom stereocenters. The number of piperazine rings is 1. The molecule has 10 nitrogen and oxygen atoms in total. The maximum atomic E-state index is 12.9. The first kappa shape index (κ1) is 28.1. The van der Waals surface area contributed by atoms with Gasteiger partial charge in [0.05, 0.1) is 10.6 Å². The maximum absolute atomic E-state index is 12.9. The van der Waals surface area contributed by atoms with Gasteiger partial charge in [-0.2, -0.15) is 0 Å². The van der Waals surface area contributed by atoms with Crippen molar-refractivity contribution in [1.29, 1.82) is 0 Å². The highest BCUT2D eigenvalue weighted by atomic mass is 35.5. The van der Waals surface area contributed by atoms with Crippen LogP contribution in [0.2, 0.25) is 5.02 Å². The number of carbonyl (C=O) groups excluding carboxylic acids is 2. The van der Waals surface area contributed by atoms with E-state index in [1.165, 1.54) is 19.1 Å². The molecule has 1 aromatic heterocycles. The fraction of sp³-hybridized carbons (Fsp3) is 0.172. The summed E-state index contributed by atoms with van der Waals surface area (Å²) in [5.41, 5.74) is 2.99. The second-order valence-electron chi connectivity index (χ2n) is 9.40. The summed E-state index contributed by atoms with van der Waals surface area (Å²) < 4.78 is 28.1. The van der Waals surface area contributed by atoms with Gasteiger partial charge in [-0.25, -0.2) is 18.4 Å². The van der Waals surface area contributed by atoms with E-state index < -0.39 is 10.0 Å². The number of amides is 2. The number of rotatable bonds is 7. The number of anilines is 3. The van der Waals surface area contributed by atoms with Crippen LogP contribution in [0.1, 0.15) is 17.3 Å². The SMILES string of the molecule is CC(=O)N1CCN(C(=O)c2ccc(Nc3nccc(-c4ccc(S(=O)(=O)Nc5ccc(Cl)cc5)cc4)n3)cc2)CC1. The smallest absolute Gasteiger partial charge is 0.261 e. The van der Waals surface area contributed by atoms with Crippen molar-refractivity contribution in [3.63, 3.8) is 0 Å². The lowest BCUT2D eigenvalue weighted by atomic mass is 10.1. The Balaban J connectivity index is 1.23. The van der Waals surface area contributed by atoms with Crippen LogP contribution in [-0.4, -0.2) is 66.2 Å². The molecule has 1 aliphatic rings. The first-order valence-corrected chi connectivity index (χ1v) is 14.7. The van der Waals surface area contributed by atoms with Gasteiger partial charge in [0, 0.05) is 66.8 Å². The number of nitrogens with one attached hydrogen (secondary N) is 2. The standard InChI is InChI=1S/C29H27ClN6O4S/c1-20(37)35-16-18-36(19-17-35)28(38)22-2-8-24(9-3-22)32-29-31-15-14-27(33-29)21-4-12-26(13-5-21)41(39,40)34-25-10-6-23(30)7-11-25/h2-15,34H,16-19H2,1H3,(H,31,32,33). The van der Waals surface area contributed by atoms with Gasteiger partial charge in [0.25, 0.3) is 15.9 Å². The molecule has 2 N–H and O–H groups in total. The number of sulfonamides is 1. The summed E-state index contributed by atoms with van der Waals surface area (Å²) in [6, 6.07) is 21.6. The van der Waals surface area contributed by atoms with Crippen molar-refractivity contribution in [2.75, 3.05) is 36.2 Å². The lowest BCUT2D eigenvalue weighted by Gasteiger charge is -2.34. The predicted octanol–water partition coefficient (Wildman–Crippen LogP) is 4.65. The van der Waals surface area contributed by atoms with Crippen LogP contribution in [0.5, 0.6) is 0 Å². The average Bonchev–Trinajstić information content (AvgIpc) is 2.98. The normalized spacial score (nSPS) is 13.5. The molecule has 3 aromatic carbocycles. The van der Waals surface area contributed by atoms with E-state index >= 15 is 0 Å². The Morgan fingerprint density at radius 3 is 2.05 bits per heavy atom. The highest BCUT2D eigenvalue weighted by Gasteiger charge is 2.23. The van der Waals surface area contributed by atoms with Gasteiger partial charge < -0.3 is 15.1 Å². The van der Waals surface area contributed by atoms with Crippen molar-refractivity contribution >= 4 is 50.8 Å². The molecular weight excluding hydrogens is 564 g/mol. The van der Waals surface area contributed by atoms with E-state index in [0.717, 1.165) is 0 Å². The molecule has 2 amide bonds. The van der Waals surface area contributed by atoms with Gasteiger partial charge in [-0.3, -0.25) is 14.3 Å². The first-order chi connectivity index (χ1) is 19.7. The Kier molecular flexibility index (Phi) is 8.18. The minimum atomic E-state index is -3.78. The summed E-state index contributed by atoms with van der Waals surface area (Å²) in [5, 5.41) is 3.65. The molecule has 0 spiro atoms. The molecule has 2 heterocycles. The molecule has 4 aromatic rings. The Hall–Kier alpha value is -4.48. The molecule has 12 heteroatoms. The Bertz CT molecular complexity index is 1660. The predicted molar refractivity (Wildman–Crippen MR) is 158 cm³/mol. The number of carbonyl (C=O) groups is 2. The van der Waals surface area contributed by atoms with Crippen LogP contribution < -0.4 is 10.0 Å². The zero-order valence-electron chi connectivity index (χ0n) is 22.1. The summed E-state index contributed by atoms with van der Waals surface area (Å²) in [6.07, 6.45) is 1.61. The minimum Gasteiger partial charge on any atom is -0.339 e. The van der Waals surface area contributed by atoms with Gasteiger partial charge in [-0.1, -0.05) is 23.7 Å². The summed E-state index contributed by atoms with van der Waals surface area (Å²) in [5.74, 6) is 0.293. The summed E-state index contributed by atoms with van der Waals surface area (Å²) in [6.45, 7) is 3.62. The summed E-state index contributed by atoms with van der Waals surface area (Å²) in [7, 11) is -3.78. The van der Waals surface area contributed by atoms with E-state index in [4.69, 9.17) is 11.6 Å². The number of benzene rings is 3. The van der Waals surface area contributed by atoms with Gasteiger partial charge in [-0.05, 0) is 66.7 Å². The lowest BCUT2D eigenvalue weighted by molar-refractivity contribution is -0.130. The summed E-state index contributed by atoms with van der Waals surface area (Å²) >= 11 is 5.87.